The number of fused-ring (bicyclic) bond motifs is 1. The summed E-state index contributed by atoms with van der Waals surface area (Å²) in [5.41, 5.74) is 6.16. The van der Waals surface area contributed by atoms with Crippen LogP contribution in [0, 0.1) is 5.82 Å². The number of thiophene rings is 1. The number of amides is 1. The average molecular weight is 309 g/mol. The van der Waals surface area contributed by atoms with Crippen LogP contribution in [0.15, 0.2) is 18.2 Å². The zero-order valence-electron chi connectivity index (χ0n) is 12.7. The zero-order chi connectivity index (χ0) is 15.8. The van der Waals surface area contributed by atoms with Crippen LogP contribution < -0.4 is 11.1 Å². The maximum Gasteiger partial charge on any atom is 0.263 e. The molecule has 21 heavy (non-hydrogen) atoms. The number of hydrogen-bond donors (Lipinski definition) is 2. The molecule has 2 rings (SSSR count). The number of carbonyl (C=O) groups is 1. The highest BCUT2D eigenvalue weighted by molar-refractivity contribution is 7.21. The lowest BCUT2D eigenvalue weighted by Gasteiger charge is -2.32. The third-order valence-electron chi connectivity index (χ3n) is 3.79. The van der Waals surface area contributed by atoms with Crippen molar-refractivity contribution in [3.63, 3.8) is 0 Å². The van der Waals surface area contributed by atoms with Crippen molar-refractivity contribution in [3.05, 3.63) is 28.9 Å². The van der Waals surface area contributed by atoms with E-state index in [-0.39, 0.29) is 17.3 Å². The molecule has 2 aromatic rings. The van der Waals surface area contributed by atoms with E-state index < -0.39 is 0 Å². The van der Waals surface area contributed by atoms with Gasteiger partial charge in [-0.05, 0) is 46.1 Å². The number of nitrogens with two attached hydrogens (primary N) is 1. The number of carbonyl (C=O) groups excluding carboxylic acids is 1. The van der Waals surface area contributed by atoms with Crippen LogP contribution in [0.5, 0.6) is 0 Å². The molecule has 1 aromatic carbocycles. The van der Waals surface area contributed by atoms with Gasteiger partial charge in [0.1, 0.15) is 10.7 Å². The topological polar surface area (TPSA) is 58.4 Å². The smallest absolute Gasteiger partial charge is 0.263 e. The van der Waals surface area contributed by atoms with E-state index in [2.05, 4.69) is 5.32 Å². The normalized spacial score (nSPS) is 12.1. The Labute approximate surface area is 127 Å². The zero-order valence-corrected chi connectivity index (χ0v) is 13.5. The van der Waals surface area contributed by atoms with E-state index in [1.54, 1.807) is 6.07 Å². The molecule has 0 aliphatic rings. The van der Waals surface area contributed by atoms with Crippen molar-refractivity contribution in [2.75, 3.05) is 26.4 Å². The number of likely N-dealkylation sites (N-methyl/N-ethyl adjacent to an activating group) is 1. The molecule has 0 spiro atoms. The summed E-state index contributed by atoms with van der Waals surface area (Å²) in [5, 5.41) is 3.49. The Balaban J connectivity index is 2.22. The van der Waals surface area contributed by atoms with Gasteiger partial charge in [-0.25, -0.2) is 4.39 Å². The predicted molar refractivity (Wildman–Crippen MR) is 86.3 cm³/mol. The summed E-state index contributed by atoms with van der Waals surface area (Å²) < 4.78 is 14.1. The van der Waals surface area contributed by atoms with Gasteiger partial charge in [-0.15, -0.1) is 11.3 Å². The van der Waals surface area contributed by atoms with Crippen LogP contribution in [-0.2, 0) is 0 Å². The van der Waals surface area contributed by atoms with Gasteiger partial charge in [0.2, 0.25) is 0 Å². The van der Waals surface area contributed by atoms with E-state index >= 15 is 0 Å². The molecule has 0 radical (unpaired) electrons. The fourth-order valence-corrected chi connectivity index (χ4v) is 2.81. The molecule has 0 aliphatic heterocycles. The van der Waals surface area contributed by atoms with E-state index in [0.717, 1.165) is 4.70 Å². The second-order valence-corrected chi connectivity index (χ2v) is 6.93. The molecule has 0 fully saturated rings. The van der Waals surface area contributed by atoms with Crippen molar-refractivity contribution in [3.8, 4) is 0 Å². The first-order chi connectivity index (χ1) is 9.72. The van der Waals surface area contributed by atoms with Crippen LogP contribution in [0.3, 0.4) is 0 Å². The summed E-state index contributed by atoms with van der Waals surface area (Å²) in [6.45, 7) is 4.58. The summed E-state index contributed by atoms with van der Waals surface area (Å²) >= 11 is 1.28. The highest BCUT2D eigenvalue weighted by Crippen LogP contribution is 2.34. The number of nitrogen functional groups attached to an aromatic ring is 1. The van der Waals surface area contributed by atoms with Gasteiger partial charge in [-0.2, -0.15) is 0 Å². The van der Waals surface area contributed by atoms with E-state index in [4.69, 9.17) is 5.73 Å². The van der Waals surface area contributed by atoms with E-state index in [1.807, 2.05) is 32.8 Å². The Morgan fingerprint density at radius 1 is 1.43 bits per heavy atom. The van der Waals surface area contributed by atoms with Gasteiger partial charge >= 0.3 is 0 Å². The SMILES string of the molecule is CN(C)C(C)(C)CNC(=O)c1sc2ccc(F)cc2c1N. The Hall–Kier alpha value is -1.66. The van der Waals surface area contributed by atoms with Crippen LogP contribution in [0.25, 0.3) is 10.1 Å². The highest BCUT2D eigenvalue weighted by atomic mass is 32.1. The molecule has 1 amide bonds. The summed E-state index contributed by atoms with van der Waals surface area (Å²) in [6, 6.07) is 4.38. The monoisotopic (exact) mass is 309 g/mol. The van der Waals surface area contributed by atoms with Gasteiger partial charge in [0.05, 0.1) is 5.69 Å². The van der Waals surface area contributed by atoms with E-state index in [0.29, 0.717) is 22.5 Å². The lowest BCUT2D eigenvalue weighted by Crippen LogP contribution is -2.48. The molecule has 0 aliphatic carbocycles. The largest absolute Gasteiger partial charge is 0.397 e. The fourth-order valence-electron chi connectivity index (χ4n) is 1.79. The number of nitrogens with zero attached hydrogens (tertiary/aromatic N) is 1. The lowest BCUT2D eigenvalue weighted by molar-refractivity contribution is 0.0924. The first kappa shape index (κ1) is 15.7. The van der Waals surface area contributed by atoms with Crippen LogP contribution in [0.1, 0.15) is 23.5 Å². The van der Waals surface area contributed by atoms with Crippen molar-refractivity contribution >= 4 is 33.0 Å². The van der Waals surface area contributed by atoms with Gasteiger partial charge < -0.3 is 16.0 Å². The fraction of sp³-hybridized carbons (Fsp3) is 0.400. The highest BCUT2D eigenvalue weighted by Gasteiger charge is 2.23. The molecule has 0 saturated carbocycles. The molecule has 0 bridgehead atoms. The first-order valence-corrected chi connectivity index (χ1v) is 7.47. The minimum atomic E-state index is -0.354. The number of benzene rings is 1. The maximum atomic E-state index is 13.3. The van der Waals surface area contributed by atoms with E-state index in [1.165, 1.54) is 23.5 Å². The predicted octanol–water partition coefficient (Wildman–Crippen LogP) is 2.69. The minimum absolute atomic E-state index is 0.160. The molecule has 0 unspecified atom stereocenters. The van der Waals surface area contributed by atoms with Crippen LogP contribution in [0.4, 0.5) is 10.1 Å². The van der Waals surface area contributed by atoms with Crippen LogP contribution in [0.2, 0.25) is 0 Å². The van der Waals surface area contributed by atoms with Gasteiger partial charge in [-0.1, -0.05) is 0 Å². The standard InChI is InChI=1S/C15H20FN3OS/c1-15(2,19(3)4)8-18-14(20)13-12(17)10-7-9(16)5-6-11(10)21-13/h5-7H,8,17H2,1-4H3,(H,18,20). The van der Waals surface area contributed by atoms with Crippen molar-refractivity contribution in [2.45, 2.75) is 19.4 Å². The minimum Gasteiger partial charge on any atom is -0.397 e. The second kappa shape index (κ2) is 5.61. The van der Waals surface area contributed by atoms with Crippen LogP contribution >= 0.6 is 11.3 Å². The van der Waals surface area contributed by atoms with Gasteiger partial charge in [0.25, 0.3) is 5.91 Å². The average Bonchev–Trinajstić information content (AvgIpc) is 2.73. The lowest BCUT2D eigenvalue weighted by atomic mass is 10.0. The summed E-state index contributed by atoms with van der Waals surface area (Å²) in [4.78, 5) is 14.8. The van der Waals surface area contributed by atoms with Gasteiger partial charge in [0, 0.05) is 22.2 Å². The summed E-state index contributed by atoms with van der Waals surface area (Å²) in [5.74, 6) is -0.572. The number of anilines is 1. The van der Waals surface area contributed by atoms with Crippen molar-refractivity contribution < 1.29 is 9.18 Å². The van der Waals surface area contributed by atoms with Gasteiger partial charge in [-0.3, -0.25) is 4.79 Å². The van der Waals surface area contributed by atoms with Gasteiger partial charge in [0.15, 0.2) is 0 Å². The summed E-state index contributed by atoms with van der Waals surface area (Å²) in [6.07, 6.45) is 0. The van der Waals surface area contributed by atoms with Crippen molar-refractivity contribution in [2.24, 2.45) is 0 Å². The number of halogens is 1. The molecular formula is C15H20FN3OS. The van der Waals surface area contributed by atoms with E-state index in [9.17, 15) is 9.18 Å². The molecule has 0 saturated heterocycles. The van der Waals surface area contributed by atoms with Crippen molar-refractivity contribution in [1.29, 1.82) is 0 Å². The quantitative estimate of drug-likeness (QED) is 0.913. The maximum absolute atomic E-state index is 13.3. The Morgan fingerprint density at radius 2 is 2.10 bits per heavy atom. The Kier molecular flexibility index (Phi) is 4.20. The third-order valence-corrected chi connectivity index (χ3v) is 4.97. The number of rotatable bonds is 4. The molecule has 6 heteroatoms. The second-order valence-electron chi connectivity index (χ2n) is 5.87. The molecule has 114 valence electrons. The molecule has 1 aromatic heterocycles. The third kappa shape index (κ3) is 3.16. The molecule has 0 atom stereocenters. The summed E-state index contributed by atoms with van der Waals surface area (Å²) in [7, 11) is 3.92. The van der Waals surface area contributed by atoms with Crippen molar-refractivity contribution in [1.82, 2.24) is 10.2 Å². The van der Waals surface area contributed by atoms with Crippen LogP contribution in [-0.4, -0.2) is 37.0 Å². The number of nitrogens with one attached hydrogen (secondary N) is 1. The number of hydrogen-bond acceptors (Lipinski definition) is 4. The molecule has 4 nitrogen and oxygen atoms in total. The first-order valence-electron chi connectivity index (χ1n) is 6.65. The molecular weight excluding hydrogens is 289 g/mol. The molecule has 3 N–H and O–H groups in total. The Morgan fingerprint density at radius 3 is 2.71 bits per heavy atom. The molecule has 1 heterocycles. The Bertz CT molecular complexity index is 679.